The van der Waals surface area contributed by atoms with Gasteiger partial charge in [0.1, 0.15) is 0 Å². The predicted octanol–water partition coefficient (Wildman–Crippen LogP) is 0.945. The topological polar surface area (TPSA) is 44.8 Å². The van der Waals surface area contributed by atoms with Crippen LogP contribution in [0.2, 0.25) is 0 Å². The third-order valence-corrected chi connectivity index (χ3v) is 4.92. The molecule has 2 aliphatic heterocycles. The molecule has 0 aromatic rings. The summed E-state index contributed by atoms with van der Waals surface area (Å²) in [4.78, 5) is 16.8. The van der Waals surface area contributed by atoms with Crippen molar-refractivity contribution in [2.75, 3.05) is 53.0 Å². The Morgan fingerprint density at radius 1 is 1.24 bits per heavy atom. The molecule has 0 radical (unpaired) electrons. The van der Waals surface area contributed by atoms with E-state index in [1.807, 2.05) is 0 Å². The molecule has 5 heteroatoms. The number of methoxy groups -OCH3 is 1. The van der Waals surface area contributed by atoms with E-state index in [4.69, 9.17) is 4.74 Å². The van der Waals surface area contributed by atoms with Crippen molar-refractivity contribution >= 4 is 5.91 Å². The van der Waals surface area contributed by atoms with E-state index in [2.05, 4.69) is 22.0 Å². The molecule has 122 valence electrons. The summed E-state index contributed by atoms with van der Waals surface area (Å²) in [7, 11) is 1.75. The molecular formula is C16H31N3O2. The van der Waals surface area contributed by atoms with Crippen LogP contribution < -0.4 is 5.32 Å². The highest BCUT2D eigenvalue weighted by atomic mass is 16.5. The van der Waals surface area contributed by atoms with Crippen molar-refractivity contribution in [1.82, 2.24) is 15.1 Å². The van der Waals surface area contributed by atoms with Crippen molar-refractivity contribution in [1.29, 1.82) is 0 Å². The molecule has 21 heavy (non-hydrogen) atoms. The minimum atomic E-state index is 0.354. The van der Waals surface area contributed by atoms with Crippen molar-refractivity contribution in [2.24, 2.45) is 5.92 Å². The lowest BCUT2D eigenvalue weighted by Crippen LogP contribution is -2.52. The van der Waals surface area contributed by atoms with Gasteiger partial charge in [-0.2, -0.15) is 0 Å². The molecule has 2 heterocycles. The van der Waals surface area contributed by atoms with E-state index in [1.165, 1.54) is 12.8 Å². The summed E-state index contributed by atoms with van der Waals surface area (Å²) in [6, 6.07) is 0.446. The number of piperidine rings is 1. The number of ether oxygens (including phenoxy) is 1. The van der Waals surface area contributed by atoms with Gasteiger partial charge in [0, 0.05) is 45.8 Å². The van der Waals surface area contributed by atoms with Gasteiger partial charge in [0.15, 0.2) is 0 Å². The summed E-state index contributed by atoms with van der Waals surface area (Å²) in [5, 5.41) is 3.38. The molecule has 1 N–H and O–H groups in total. The quantitative estimate of drug-likeness (QED) is 0.793. The van der Waals surface area contributed by atoms with Crippen molar-refractivity contribution in [3.8, 4) is 0 Å². The van der Waals surface area contributed by atoms with E-state index in [0.717, 1.165) is 64.6 Å². The molecular weight excluding hydrogens is 266 g/mol. The molecule has 0 bridgehead atoms. The number of hydrogen-bond acceptors (Lipinski definition) is 4. The van der Waals surface area contributed by atoms with Crippen molar-refractivity contribution in [2.45, 2.75) is 38.6 Å². The van der Waals surface area contributed by atoms with Crippen LogP contribution in [0.4, 0.5) is 0 Å². The van der Waals surface area contributed by atoms with E-state index in [1.54, 1.807) is 7.11 Å². The van der Waals surface area contributed by atoms with Gasteiger partial charge >= 0.3 is 0 Å². The number of nitrogens with one attached hydrogen (secondary N) is 1. The molecule has 2 aliphatic rings. The molecule has 2 saturated heterocycles. The molecule has 1 atom stereocenters. The summed E-state index contributed by atoms with van der Waals surface area (Å²) in [5.74, 6) is 1.10. The van der Waals surface area contributed by atoms with Gasteiger partial charge in [-0.1, -0.05) is 0 Å². The maximum Gasteiger partial charge on any atom is 0.222 e. The fourth-order valence-corrected chi connectivity index (χ4v) is 3.41. The van der Waals surface area contributed by atoms with Crippen molar-refractivity contribution < 1.29 is 9.53 Å². The maximum absolute atomic E-state index is 12.3. The van der Waals surface area contributed by atoms with Gasteiger partial charge in [0.25, 0.3) is 0 Å². The number of amides is 1. The van der Waals surface area contributed by atoms with Gasteiger partial charge < -0.3 is 15.0 Å². The van der Waals surface area contributed by atoms with Gasteiger partial charge in [0.05, 0.1) is 6.61 Å². The highest BCUT2D eigenvalue weighted by Gasteiger charge is 2.24. The number of nitrogens with zero attached hydrogens (tertiary/aromatic N) is 2. The van der Waals surface area contributed by atoms with E-state index < -0.39 is 0 Å². The lowest BCUT2D eigenvalue weighted by atomic mass is 9.93. The first kappa shape index (κ1) is 16.7. The molecule has 5 nitrogen and oxygen atoms in total. The summed E-state index contributed by atoms with van der Waals surface area (Å²) in [6.45, 7) is 8.90. The minimum absolute atomic E-state index is 0.354. The Kier molecular flexibility index (Phi) is 6.93. The van der Waals surface area contributed by atoms with Crippen LogP contribution in [0.1, 0.15) is 32.6 Å². The van der Waals surface area contributed by atoms with Crippen LogP contribution in [0.15, 0.2) is 0 Å². The molecule has 0 aromatic heterocycles. The van der Waals surface area contributed by atoms with Crippen LogP contribution in [-0.2, 0) is 9.53 Å². The van der Waals surface area contributed by atoms with Crippen LogP contribution in [-0.4, -0.2) is 74.7 Å². The average Bonchev–Trinajstić information content (AvgIpc) is 2.54. The Balaban J connectivity index is 1.65. The normalized spacial score (nSPS) is 23.2. The Hall–Kier alpha value is -0.650. The van der Waals surface area contributed by atoms with E-state index in [0.29, 0.717) is 11.9 Å². The first-order valence-electron chi connectivity index (χ1n) is 8.42. The van der Waals surface area contributed by atoms with E-state index >= 15 is 0 Å². The van der Waals surface area contributed by atoms with Crippen LogP contribution in [0.5, 0.6) is 0 Å². The molecule has 0 unspecified atom stereocenters. The monoisotopic (exact) mass is 297 g/mol. The Labute approximate surface area is 129 Å². The lowest BCUT2D eigenvalue weighted by molar-refractivity contribution is -0.133. The van der Waals surface area contributed by atoms with Crippen LogP contribution >= 0.6 is 0 Å². The standard InChI is InChI=1S/C16H31N3O2/c1-14(13-21-2)18-9-11-19(12-10-18)16(20)4-3-15-5-7-17-8-6-15/h14-15,17H,3-13H2,1-2H3/t14-/m1/s1. The second kappa shape index (κ2) is 8.71. The number of hydrogen-bond donors (Lipinski definition) is 1. The second-order valence-electron chi connectivity index (χ2n) is 6.45. The smallest absolute Gasteiger partial charge is 0.222 e. The minimum Gasteiger partial charge on any atom is -0.383 e. The van der Waals surface area contributed by atoms with Gasteiger partial charge in [-0.05, 0) is 45.2 Å². The third-order valence-electron chi connectivity index (χ3n) is 4.92. The Bertz CT molecular complexity index is 311. The first-order chi connectivity index (χ1) is 10.2. The molecule has 2 rings (SSSR count). The number of carbonyl (C=O) groups excluding carboxylic acids is 1. The van der Waals surface area contributed by atoms with Crippen molar-refractivity contribution in [3.05, 3.63) is 0 Å². The first-order valence-corrected chi connectivity index (χ1v) is 8.42. The highest BCUT2D eigenvalue weighted by molar-refractivity contribution is 5.76. The van der Waals surface area contributed by atoms with Gasteiger partial charge in [0.2, 0.25) is 5.91 Å². The van der Waals surface area contributed by atoms with Crippen molar-refractivity contribution in [3.63, 3.8) is 0 Å². The Morgan fingerprint density at radius 2 is 1.90 bits per heavy atom. The zero-order valence-corrected chi connectivity index (χ0v) is 13.6. The van der Waals surface area contributed by atoms with Crippen LogP contribution in [0, 0.1) is 5.92 Å². The summed E-state index contributed by atoms with van der Waals surface area (Å²) in [5.41, 5.74) is 0. The zero-order chi connectivity index (χ0) is 15.1. The van der Waals surface area contributed by atoms with E-state index in [9.17, 15) is 4.79 Å². The van der Waals surface area contributed by atoms with Crippen LogP contribution in [0.25, 0.3) is 0 Å². The Morgan fingerprint density at radius 3 is 2.52 bits per heavy atom. The summed E-state index contributed by atoms with van der Waals surface area (Å²) < 4.78 is 5.21. The predicted molar refractivity (Wildman–Crippen MR) is 84.3 cm³/mol. The van der Waals surface area contributed by atoms with Gasteiger partial charge in [-0.15, -0.1) is 0 Å². The number of carbonyl (C=O) groups is 1. The molecule has 0 saturated carbocycles. The fraction of sp³-hybridized carbons (Fsp3) is 0.938. The van der Waals surface area contributed by atoms with Gasteiger partial charge in [-0.3, -0.25) is 9.69 Å². The second-order valence-corrected chi connectivity index (χ2v) is 6.45. The molecule has 0 spiro atoms. The highest BCUT2D eigenvalue weighted by Crippen LogP contribution is 2.19. The lowest BCUT2D eigenvalue weighted by Gasteiger charge is -2.38. The largest absolute Gasteiger partial charge is 0.383 e. The average molecular weight is 297 g/mol. The van der Waals surface area contributed by atoms with Crippen LogP contribution in [0.3, 0.4) is 0 Å². The number of piperazine rings is 1. The third kappa shape index (κ3) is 5.24. The SMILES string of the molecule is COC[C@@H](C)N1CCN(C(=O)CCC2CCNCC2)CC1. The maximum atomic E-state index is 12.3. The summed E-state index contributed by atoms with van der Waals surface area (Å²) in [6.07, 6.45) is 4.27. The fourth-order valence-electron chi connectivity index (χ4n) is 3.41. The molecule has 2 fully saturated rings. The zero-order valence-electron chi connectivity index (χ0n) is 13.6. The summed E-state index contributed by atoms with van der Waals surface area (Å²) >= 11 is 0. The molecule has 0 aliphatic carbocycles. The molecule has 1 amide bonds. The molecule has 0 aromatic carbocycles. The number of rotatable bonds is 6. The van der Waals surface area contributed by atoms with Gasteiger partial charge in [-0.25, -0.2) is 0 Å². The van der Waals surface area contributed by atoms with E-state index in [-0.39, 0.29) is 0 Å².